The fourth-order valence-corrected chi connectivity index (χ4v) is 2.29. The third-order valence-corrected chi connectivity index (χ3v) is 3.16. The number of nitrogens with two attached hydrogens (primary N) is 1. The molecule has 0 aliphatic rings. The maximum Gasteiger partial charge on any atom is 0.389 e. The van der Waals surface area contributed by atoms with E-state index < -0.39 is 18.6 Å². The summed E-state index contributed by atoms with van der Waals surface area (Å²) in [5.41, 5.74) is 6.49. The standard InChI is InChI=1S/C11H12BrClF3N/c12-7-3-4-8(9(13)6-7)10(17)2-1-5-11(14,15)16/h3-4,6,10H,1-2,5,17H2. The van der Waals surface area contributed by atoms with Gasteiger partial charge in [0.1, 0.15) is 0 Å². The molecule has 0 radical (unpaired) electrons. The summed E-state index contributed by atoms with van der Waals surface area (Å²) in [5.74, 6) is 0. The molecule has 1 atom stereocenters. The summed E-state index contributed by atoms with van der Waals surface area (Å²) in [4.78, 5) is 0. The van der Waals surface area contributed by atoms with Crippen LogP contribution in [0.25, 0.3) is 0 Å². The molecule has 0 amide bonds. The molecule has 1 unspecified atom stereocenters. The molecule has 2 N–H and O–H groups in total. The van der Waals surface area contributed by atoms with Gasteiger partial charge in [-0.15, -0.1) is 0 Å². The van der Waals surface area contributed by atoms with Gasteiger partial charge >= 0.3 is 6.18 Å². The fraction of sp³-hybridized carbons (Fsp3) is 0.455. The van der Waals surface area contributed by atoms with Crippen molar-refractivity contribution >= 4 is 27.5 Å². The Kier molecular flexibility index (Phi) is 5.28. The second-order valence-corrected chi connectivity index (χ2v) is 5.10. The van der Waals surface area contributed by atoms with E-state index in [2.05, 4.69) is 15.9 Å². The molecule has 1 aromatic carbocycles. The molecule has 0 fully saturated rings. The summed E-state index contributed by atoms with van der Waals surface area (Å²) in [6, 6.07) is 4.72. The van der Waals surface area contributed by atoms with Crippen molar-refractivity contribution < 1.29 is 13.2 Å². The largest absolute Gasteiger partial charge is 0.389 e. The van der Waals surface area contributed by atoms with Crippen molar-refractivity contribution in [1.29, 1.82) is 0 Å². The van der Waals surface area contributed by atoms with E-state index in [1.807, 2.05) is 0 Å². The molecule has 6 heteroatoms. The quantitative estimate of drug-likeness (QED) is 0.840. The highest BCUT2D eigenvalue weighted by atomic mass is 79.9. The molecule has 96 valence electrons. The van der Waals surface area contributed by atoms with E-state index >= 15 is 0 Å². The highest BCUT2D eigenvalue weighted by Crippen LogP contribution is 2.29. The van der Waals surface area contributed by atoms with Gasteiger partial charge in [-0.05, 0) is 30.5 Å². The Balaban J connectivity index is 2.55. The average Bonchev–Trinajstić information content (AvgIpc) is 2.15. The molecule has 0 heterocycles. The summed E-state index contributed by atoms with van der Waals surface area (Å²) in [6.07, 6.45) is -4.66. The number of alkyl halides is 3. The third kappa shape index (κ3) is 5.27. The molecule has 0 aliphatic heterocycles. The fourth-order valence-electron chi connectivity index (χ4n) is 1.48. The van der Waals surface area contributed by atoms with Crippen LogP contribution in [0, 0.1) is 0 Å². The van der Waals surface area contributed by atoms with Crippen molar-refractivity contribution in [1.82, 2.24) is 0 Å². The topological polar surface area (TPSA) is 26.0 Å². The molecule has 1 rings (SSSR count). The van der Waals surface area contributed by atoms with Crippen LogP contribution in [0.5, 0.6) is 0 Å². The molecule has 0 saturated carbocycles. The van der Waals surface area contributed by atoms with Crippen LogP contribution in [0.2, 0.25) is 5.02 Å². The zero-order valence-corrected chi connectivity index (χ0v) is 11.2. The molecule has 17 heavy (non-hydrogen) atoms. The maximum atomic E-state index is 12.0. The Morgan fingerprint density at radius 2 is 2.00 bits per heavy atom. The van der Waals surface area contributed by atoms with Crippen LogP contribution in [0.1, 0.15) is 30.9 Å². The van der Waals surface area contributed by atoms with Crippen molar-refractivity contribution in [3.63, 3.8) is 0 Å². The van der Waals surface area contributed by atoms with E-state index in [1.54, 1.807) is 18.2 Å². The zero-order chi connectivity index (χ0) is 13.1. The highest BCUT2D eigenvalue weighted by molar-refractivity contribution is 9.10. The number of rotatable bonds is 4. The normalized spacial score (nSPS) is 13.8. The first-order chi connectivity index (χ1) is 7.79. The Morgan fingerprint density at radius 1 is 1.35 bits per heavy atom. The van der Waals surface area contributed by atoms with Gasteiger partial charge in [-0.1, -0.05) is 33.6 Å². The Hall–Kier alpha value is -0.260. The number of benzene rings is 1. The molecule has 1 nitrogen and oxygen atoms in total. The number of hydrogen-bond donors (Lipinski definition) is 1. The van der Waals surface area contributed by atoms with Crippen LogP contribution < -0.4 is 5.73 Å². The maximum absolute atomic E-state index is 12.0. The molecule has 0 aromatic heterocycles. The first-order valence-electron chi connectivity index (χ1n) is 5.07. The van der Waals surface area contributed by atoms with Crippen LogP contribution in [0.15, 0.2) is 22.7 Å². The summed E-state index contributed by atoms with van der Waals surface area (Å²) in [6.45, 7) is 0. The van der Waals surface area contributed by atoms with E-state index in [9.17, 15) is 13.2 Å². The second kappa shape index (κ2) is 6.07. The van der Waals surface area contributed by atoms with Crippen LogP contribution >= 0.6 is 27.5 Å². The minimum Gasteiger partial charge on any atom is -0.324 e. The molecule has 0 bridgehead atoms. The predicted molar refractivity (Wildman–Crippen MR) is 66.0 cm³/mol. The van der Waals surface area contributed by atoms with E-state index in [0.29, 0.717) is 10.6 Å². The summed E-state index contributed by atoms with van der Waals surface area (Å²) < 4.78 is 36.7. The molecule has 0 aliphatic carbocycles. The van der Waals surface area contributed by atoms with Crippen LogP contribution in [-0.4, -0.2) is 6.18 Å². The smallest absolute Gasteiger partial charge is 0.324 e. The Labute approximate surface area is 111 Å². The minimum absolute atomic E-state index is 0.0110. The van der Waals surface area contributed by atoms with Crippen molar-refractivity contribution in [2.45, 2.75) is 31.5 Å². The lowest BCUT2D eigenvalue weighted by molar-refractivity contribution is -0.135. The van der Waals surface area contributed by atoms with Crippen LogP contribution in [0.4, 0.5) is 13.2 Å². The van der Waals surface area contributed by atoms with E-state index in [-0.39, 0.29) is 12.8 Å². The molecular weight excluding hydrogens is 318 g/mol. The summed E-state index contributed by atoms with van der Waals surface area (Å²) in [5, 5.41) is 0.471. The Bertz CT molecular complexity index is 381. The monoisotopic (exact) mass is 329 g/mol. The molecule has 1 aromatic rings. The zero-order valence-electron chi connectivity index (χ0n) is 8.90. The lowest BCUT2D eigenvalue weighted by atomic mass is 10.0. The molecule has 0 saturated heterocycles. The van der Waals surface area contributed by atoms with Crippen molar-refractivity contribution in [3.05, 3.63) is 33.3 Å². The molecular formula is C11H12BrClF3N. The predicted octanol–water partition coefficient (Wildman–Crippen LogP) is 4.83. The van der Waals surface area contributed by atoms with Gasteiger partial charge in [0.25, 0.3) is 0 Å². The summed E-state index contributed by atoms with van der Waals surface area (Å²) >= 11 is 9.21. The first-order valence-corrected chi connectivity index (χ1v) is 6.24. The first kappa shape index (κ1) is 14.8. The van der Waals surface area contributed by atoms with Crippen LogP contribution in [0.3, 0.4) is 0 Å². The highest BCUT2D eigenvalue weighted by Gasteiger charge is 2.26. The third-order valence-electron chi connectivity index (χ3n) is 2.34. The van der Waals surface area contributed by atoms with Crippen molar-refractivity contribution in [3.8, 4) is 0 Å². The SMILES string of the molecule is NC(CCCC(F)(F)F)c1ccc(Br)cc1Cl. The lowest BCUT2D eigenvalue weighted by Crippen LogP contribution is -2.13. The van der Waals surface area contributed by atoms with E-state index in [1.165, 1.54) is 0 Å². The Morgan fingerprint density at radius 3 is 2.53 bits per heavy atom. The van der Waals surface area contributed by atoms with Gasteiger partial charge in [0, 0.05) is 22.0 Å². The van der Waals surface area contributed by atoms with Gasteiger partial charge in [0.15, 0.2) is 0 Å². The van der Waals surface area contributed by atoms with Gasteiger partial charge in [-0.2, -0.15) is 13.2 Å². The van der Waals surface area contributed by atoms with E-state index in [4.69, 9.17) is 17.3 Å². The van der Waals surface area contributed by atoms with Gasteiger partial charge in [-0.25, -0.2) is 0 Å². The van der Waals surface area contributed by atoms with Gasteiger partial charge in [0.2, 0.25) is 0 Å². The number of hydrogen-bond acceptors (Lipinski definition) is 1. The van der Waals surface area contributed by atoms with Crippen LogP contribution in [-0.2, 0) is 0 Å². The van der Waals surface area contributed by atoms with Gasteiger partial charge in [0.05, 0.1) is 0 Å². The molecule has 0 spiro atoms. The lowest BCUT2D eigenvalue weighted by Gasteiger charge is -2.14. The van der Waals surface area contributed by atoms with Crippen molar-refractivity contribution in [2.75, 3.05) is 0 Å². The second-order valence-electron chi connectivity index (χ2n) is 3.78. The average molecular weight is 331 g/mol. The number of halogens is 5. The summed E-state index contributed by atoms with van der Waals surface area (Å²) in [7, 11) is 0. The van der Waals surface area contributed by atoms with E-state index in [0.717, 1.165) is 4.47 Å². The van der Waals surface area contributed by atoms with Gasteiger partial charge in [-0.3, -0.25) is 0 Å². The van der Waals surface area contributed by atoms with Gasteiger partial charge < -0.3 is 5.73 Å². The minimum atomic E-state index is -4.12. The van der Waals surface area contributed by atoms with Crippen molar-refractivity contribution in [2.24, 2.45) is 5.73 Å².